The van der Waals surface area contributed by atoms with Crippen LogP contribution in [0, 0.1) is 0 Å². The van der Waals surface area contributed by atoms with Crippen LogP contribution in [0.2, 0.25) is 0 Å². The van der Waals surface area contributed by atoms with Gasteiger partial charge in [0.15, 0.2) is 6.29 Å². The van der Waals surface area contributed by atoms with Crippen LogP contribution in [0.25, 0.3) is 16.5 Å². The molecule has 2 rings (SSSR count). The number of aromatic nitrogens is 1. The first-order valence-electron chi connectivity index (χ1n) is 6.06. The molecule has 1 aromatic carbocycles. The topological polar surface area (TPSA) is 85.5 Å². The van der Waals surface area contributed by atoms with E-state index in [1.165, 1.54) is 14.2 Å². The summed E-state index contributed by atoms with van der Waals surface area (Å²) in [5, 5.41) is 0.639. The molecule has 0 saturated carbocycles. The van der Waals surface area contributed by atoms with Crippen molar-refractivity contribution in [3.63, 3.8) is 0 Å². The van der Waals surface area contributed by atoms with Crippen molar-refractivity contribution in [1.82, 2.24) is 4.98 Å². The minimum atomic E-state index is -0.728. The lowest BCUT2D eigenvalue weighted by atomic mass is 10.0. The van der Waals surface area contributed by atoms with Crippen LogP contribution in [0.15, 0.2) is 30.3 Å². The summed E-state index contributed by atoms with van der Waals surface area (Å²) in [7, 11) is 2.40. The van der Waals surface area contributed by atoms with Crippen LogP contribution in [0.4, 0.5) is 0 Å². The fraction of sp³-hybridized carbons (Fsp3) is 0.133. The normalized spacial score (nSPS) is 11.2. The van der Waals surface area contributed by atoms with E-state index >= 15 is 0 Å². The lowest BCUT2D eigenvalue weighted by Gasteiger charge is -2.05. The van der Waals surface area contributed by atoms with Gasteiger partial charge in [0.2, 0.25) is 0 Å². The number of nitrogens with one attached hydrogen (secondary N) is 1. The number of methoxy groups -OCH3 is 2. The van der Waals surface area contributed by atoms with Crippen molar-refractivity contribution in [3.05, 3.63) is 41.6 Å². The molecule has 0 radical (unpaired) electrons. The number of carbonyl (C=O) groups excluding carboxylic acids is 3. The Morgan fingerprint density at radius 3 is 2.48 bits per heavy atom. The van der Waals surface area contributed by atoms with E-state index in [0.717, 1.165) is 6.08 Å². The van der Waals surface area contributed by atoms with Gasteiger partial charge in [-0.25, -0.2) is 9.59 Å². The molecule has 6 heteroatoms. The third-order valence-corrected chi connectivity index (χ3v) is 2.99. The number of H-pyrrole nitrogens is 1. The molecule has 2 aromatic rings. The van der Waals surface area contributed by atoms with E-state index in [4.69, 9.17) is 0 Å². The molecular weight excluding hydrogens is 274 g/mol. The molecule has 108 valence electrons. The number of benzene rings is 1. The third kappa shape index (κ3) is 2.69. The lowest BCUT2D eigenvalue weighted by Crippen LogP contribution is -2.08. The van der Waals surface area contributed by atoms with E-state index < -0.39 is 11.9 Å². The van der Waals surface area contributed by atoms with Gasteiger partial charge in [-0.15, -0.1) is 0 Å². The van der Waals surface area contributed by atoms with Crippen LogP contribution in [0.5, 0.6) is 0 Å². The Hall–Kier alpha value is -2.89. The highest BCUT2D eigenvalue weighted by atomic mass is 16.5. The van der Waals surface area contributed by atoms with Gasteiger partial charge in [-0.05, 0) is 6.07 Å². The largest absolute Gasteiger partial charge is 0.466 e. The Balaban J connectivity index is 2.75. The third-order valence-electron chi connectivity index (χ3n) is 2.99. The Bertz CT molecular complexity index is 742. The van der Waals surface area contributed by atoms with Crippen LogP contribution in [-0.4, -0.2) is 37.4 Å². The van der Waals surface area contributed by atoms with E-state index in [1.807, 2.05) is 0 Å². The van der Waals surface area contributed by atoms with Gasteiger partial charge in [0.25, 0.3) is 0 Å². The van der Waals surface area contributed by atoms with Gasteiger partial charge in [0.1, 0.15) is 0 Å². The van der Waals surface area contributed by atoms with E-state index in [2.05, 4.69) is 14.5 Å². The summed E-state index contributed by atoms with van der Waals surface area (Å²) in [6.07, 6.45) is 1.60. The molecule has 0 atom stereocenters. The van der Waals surface area contributed by atoms with Gasteiger partial charge in [0, 0.05) is 22.5 Å². The number of para-hydroxylation sites is 1. The van der Waals surface area contributed by atoms with Crippen molar-refractivity contribution in [1.29, 1.82) is 0 Å². The van der Waals surface area contributed by atoms with Gasteiger partial charge in [0.05, 0.1) is 25.5 Å². The predicted molar refractivity (Wildman–Crippen MR) is 75.7 cm³/mol. The number of carbonyl (C=O) groups is 3. The summed E-state index contributed by atoms with van der Waals surface area (Å²) in [4.78, 5) is 37.6. The van der Waals surface area contributed by atoms with Crippen LogP contribution >= 0.6 is 0 Å². The monoisotopic (exact) mass is 287 g/mol. The smallest absolute Gasteiger partial charge is 0.338 e. The second kappa shape index (κ2) is 6.04. The molecule has 0 aliphatic rings. The zero-order chi connectivity index (χ0) is 15.4. The predicted octanol–water partition coefficient (Wildman–Crippen LogP) is 1.71. The Kier molecular flexibility index (Phi) is 4.18. The van der Waals surface area contributed by atoms with Crippen molar-refractivity contribution in [2.75, 3.05) is 14.2 Å². The number of esters is 2. The first-order valence-corrected chi connectivity index (χ1v) is 6.06. The first-order chi connectivity index (χ1) is 10.1. The number of hydrogen-bond acceptors (Lipinski definition) is 5. The zero-order valence-corrected chi connectivity index (χ0v) is 11.5. The summed E-state index contributed by atoms with van der Waals surface area (Å²) in [5.74, 6) is -1.44. The van der Waals surface area contributed by atoms with Gasteiger partial charge < -0.3 is 14.5 Å². The average Bonchev–Trinajstić information content (AvgIpc) is 2.89. The Labute approximate surface area is 120 Å². The van der Waals surface area contributed by atoms with Gasteiger partial charge in [-0.1, -0.05) is 18.2 Å². The molecule has 21 heavy (non-hydrogen) atoms. The maximum Gasteiger partial charge on any atom is 0.338 e. The zero-order valence-electron chi connectivity index (χ0n) is 11.5. The van der Waals surface area contributed by atoms with Crippen LogP contribution < -0.4 is 0 Å². The molecule has 0 spiro atoms. The number of ether oxygens (including phenoxy) is 2. The molecular formula is C15H13NO5. The average molecular weight is 287 g/mol. The number of fused-ring (bicyclic) bond motifs is 1. The summed E-state index contributed by atoms with van der Waals surface area (Å²) in [5.41, 5.74) is 1.15. The fourth-order valence-corrected chi connectivity index (χ4v) is 2.06. The maximum absolute atomic E-state index is 11.9. The summed E-state index contributed by atoms with van der Waals surface area (Å²) < 4.78 is 9.22. The molecule has 1 heterocycles. The van der Waals surface area contributed by atoms with Crippen molar-refractivity contribution >= 4 is 34.7 Å². The highest BCUT2D eigenvalue weighted by Crippen LogP contribution is 2.29. The molecule has 0 amide bonds. The summed E-state index contributed by atoms with van der Waals surface area (Å²) in [6, 6.07) is 7.06. The Morgan fingerprint density at radius 1 is 1.14 bits per heavy atom. The fourth-order valence-electron chi connectivity index (χ4n) is 2.06. The Morgan fingerprint density at radius 2 is 1.86 bits per heavy atom. The standard InChI is InChI=1S/C15H13NO5/c1-20-13(18)7-10(15(19)21-2)14-9-5-3-4-6-11(9)16-12(14)8-17/h3-8,16H,1-2H3/b10-7-. The van der Waals surface area contributed by atoms with Gasteiger partial charge in [-0.3, -0.25) is 4.79 Å². The van der Waals surface area contributed by atoms with Crippen molar-refractivity contribution < 1.29 is 23.9 Å². The molecule has 0 aliphatic heterocycles. The van der Waals surface area contributed by atoms with Crippen molar-refractivity contribution in [2.45, 2.75) is 0 Å². The lowest BCUT2D eigenvalue weighted by molar-refractivity contribution is -0.136. The van der Waals surface area contributed by atoms with Gasteiger partial charge >= 0.3 is 11.9 Å². The molecule has 0 unspecified atom stereocenters. The molecule has 1 N–H and O–H groups in total. The maximum atomic E-state index is 11.9. The molecule has 0 bridgehead atoms. The van der Waals surface area contributed by atoms with Crippen LogP contribution in [0.1, 0.15) is 16.1 Å². The summed E-state index contributed by atoms with van der Waals surface area (Å²) in [6.45, 7) is 0. The highest BCUT2D eigenvalue weighted by molar-refractivity contribution is 6.25. The number of rotatable bonds is 4. The second-order valence-corrected chi connectivity index (χ2v) is 4.15. The minimum Gasteiger partial charge on any atom is -0.466 e. The van der Waals surface area contributed by atoms with E-state index in [0.29, 0.717) is 22.8 Å². The van der Waals surface area contributed by atoms with Crippen molar-refractivity contribution in [2.24, 2.45) is 0 Å². The molecule has 1 aromatic heterocycles. The van der Waals surface area contributed by atoms with Crippen LogP contribution in [-0.2, 0) is 19.1 Å². The van der Waals surface area contributed by atoms with Gasteiger partial charge in [-0.2, -0.15) is 0 Å². The number of aromatic amines is 1. The van der Waals surface area contributed by atoms with E-state index in [1.54, 1.807) is 24.3 Å². The molecule has 0 fully saturated rings. The van der Waals surface area contributed by atoms with Crippen molar-refractivity contribution in [3.8, 4) is 0 Å². The molecule has 6 nitrogen and oxygen atoms in total. The molecule has 0 saturated heterocycles. The number of aldehydes is 1. The highest BCUT2D eigenvalue weighted by Gasteiger charge is 2.22. The van der Waals surface area contributed by atoms with E-state index in [9.17, 15) is 14.4 Å². The van der Waals surface area contributed by atoms with Crippen LogP contribution in [0.3, 0.4) is 0 Å². The van der Waals surface area contributed by atoms with E-state index in [-0.39, 0.29) is 11.3 Å². The first kappa shape index (κ1) is 14.5. The molecule has 0 aliphatic carbocycles. The second-order valence-electron chi connectivity index (χ2n) is 4.15. The SMILES string of the molecule is COC(=O)/C=C(\C(=O)OC)c1c(C=O)[nH]c2ccccc12. The quantitative estimate of drug-likeness (QED) is 0.525. The summed E-state index contributed by atoms with van der Waals surface area (Å²) >= 11 is 0. The number of hydrogen-bond donors (Lipinski definition) is 1. The minimum absolute atomic E-state index is 0.0381.